The Kier molecular flexibility index (Phi) is 4.32. The molecule has 1 heterocycles. The Bertz CT molecular complexity index is 622. The SMILES string of the molecule is Cc1nc(C)n(C[C@H](O)Cc2ccccc2C(F)(F)F)n1. The molecule has 0 spiro atoms. The molecule has 0 unspecified atom stereocenters. The minimum atomic E-state index is -4.42. The standard InChI is InChI=1S/C14H16F3N3O/c1-9-18-10(2)20(19-9)8-12(21)7-11-5-3-4-6-13(11)14(15,16)17/h3-6,12,21H,7-8H2,1-2H3/t12-/m1/s1. The van der Waals surface area contributed by atoms with Crippen LogP contribution in [0.15, 0.2) is 24.3 Å². The topological polar surface area (TPSA) is 50.9 Å². The summed E-state index contributed by atoms with van der Waals surface area (Å²) in [5.74, 6) is 1.19. The highest BCUT2D eigenvalue weighted by atomic mass is 19.4. The van der Waals surface area contributed by atoms with Gasteiger partial charge in [0.2, 0.25) is 0 Å². The highest BCUT2D eigenvalue weighted by molar-refractivity contribution is 5.30. The summed E-state index contributed by atoms with van der Waals surface area (Å²) in [5.41, 5.74) is -0.637. The summed E-state index contributed by atoms with van der Waals surface area (Å²) in [4.78, 5) is 4.09. The number of benzene rings is 1. The van der Waals surface area contributed by atoms with E-state index in [2.05, 4.69) is 10.1 Å². The van der Waals surface area contributed by atoms with Crippen LogP contribution in [0.5, 0.6) is 0 Å². The Morgan fingerprint density at radius 3 is 2.48 bits per heavy atom. The van der Waals surface area contributed by atoms with E-state index in [1.165, 1.54) is 22.9 Å². The number of hydrogen-bond donors (Lipinski definition) is 1. The number of aliphatic hydroxyl groups excluding tert-OH is 1. The van der Waals surface area contributed by atoms with E-state index in [9.17, 15) is 18.3 Å². The minimum Gasteiger partial charge on any atom is -0.391 e. The molecule has 0 saturated heterocycles. The third-order valence-electron chi connectivity index (χ3n) is 3.12. The first-order chi connectivity index (χ1) is 9.77. The lowest BCUT2D eigenvalue weighted by Gasteiger charge is -2.16. The molecular weight excluding hydrogens is 283 g/mol. The second-order valence-electron chi connectivity index (χ2n) is 4.90. The van der Waals surface area contributed by atoms with E-state index in [1.807, 2.05) is 0 Å². The third kappa shape index (κ3) is 3.81. The predicted molar refractivity (Wildman–Crippen MR) is 70.7 cm³/mol. The van der Waals surface area contributed by atoms with E-state index in [0.717, 1.165) is 6.07 Å². The summed E-state index contributed by atoms with van der Waals surface area (Å²) in [6.07, 6.45) is -5.47. The second-order valence-corrected chi connectivity index (χ2v) is 4.90. The Balaban J connectivity index is 2.13. The van der Waals surface area contributed by atoms with Gasteiger partial charge in [0.25, 0.3) is 0 Å². The number of halogens is 3. The van der Waals surface area contributed by atoms with E-state index in [4.69, 9.17) is 0 Å². The van der Waals surface area contributed by atoms with Crippen LogP contribution >= 0.6 is 0 Å². The van der Waals surface area contributed by atoms with Crippen LogP contribution in [0.1, 0.15) is 22.8 Å². The van der Waals surface area contributed by atoms with Gasteiger partial charge in [-0.05, 0) is 25.5 Å². The molecule has 0 radical (unpaired) electrons. The molecule has 0 fully saturated rings. The normalized spacial score (nSPS) is 13.4. The van der Waals surface area contributed by atoms with Crippen LogP contribution in [0.2, 0.25) is 0 Å². The lowest BCUT2D eigenvalue weighted by molar-refractivity contribution is -0.138. The Morgan fingerprint density at radius 2 is 1.90 bits per heavy atom. The number of rotatable bonds is 4. The fraction of sp³-hybridized carbons (Fsp3) is 0.429. The van der Waals surface area contributed by atoms with Gasteiger partial charge in [0.15, 0.2) is 0 Å². The molecule has 0 aliphatic carbocycles. The molecule has 0 amide bonds. The van der Waals surface area contributed by atoms with Crippen molar-refractivity contribution in [2.45, 2.75) is 39.1 Å². The van der Waals surface area contributed by atoms with Gasteiger partial charge in [-0.1, -0.05) is 18.2 Å². The van der Waals surface area contributed by atoms with Gasteiger partial charge < -0.3 is 5.11 Å². The zero-order valence-corrected chi connectivity index (χ0v) is 11.7. The van der Waals surface area contributed by atoms with E-state index in [-0.39, 0.29) is 18.5 Å². The van der Waals surface area contributed by atoms with Crippen molar-refractivity contribution < 1.29 is 18.3 Å². The van der Waals surface area contributed by atoms with Crippen molar-refractivity contribution in [1.82, 2.24) is 14.8 Å². The van der Waals surface area contributed by atoms with Gasteiger partial charge in [-0.2, -0.15) is 18.3 Å². The molecule has 1 atom stereocenters. The molecule has 21 heavy (non-hydrogen) atoms. The van der Waals surface area contributed by atoms with Crippen molar-refractivity contribution in [3.8, 4) is 0 Å². The quantitative estimate of drug-likeness (QED) is 0.944. The maximum atomic E-state index is 12.9. The summed E-state index contributed by atoms with van der Waals surface area (Å²) in [6.45, 7) is 3.56. The van der Waals surface area contributed by atoms with E-state index >= 15 is 0 Å². The van der Waals surface area contributed by atoms with Crippen molar-refractivity contribution >= 4 is 0 Å². The van der Waals surface area contributed by atoms with Crippen LogP contribution in [-0.4, -0.2) is 26.0 Å². The van der Waals surface area contributed by atoms with E-state index in [0.29, 0.717) is 11.6 Å². The lowest BCUT2D eigenvalue weighted by atomic mass is 10.0. The van der Waals surface area contributed by atoms with E-state index < -0.39 is 17.8 Å². The largest absolute Gasteiger partial charge is 0.416 e. The van der Waals surface area contributed by atoms with Gasteiger partial charge in [0.05, 0.1) is 18.2 Å². The van der Waals surface area contributed by atoms with Gasteiger partial charge >= 0.3 is 6.18 Å². The molecule has 114 valence electrons. The van der Waals surface area contributed by atoms with Crippen LogP contribution in [0.4, 0.5) is 13.2 Å². The van der Waals surface area contributed by atoms with Crippen molar-refractivity contribution in [2.24, 2.45) is 0 Å². The molecular formula is C14H16F3N3O. The summed E-state index contributed by atoms with van der Waals surface area (Å²) >= 11 is 0. The van der Waals surface area contributed by atoms with Crippen LogP contribution in [-0.2, 0) is 19.1 Å². The lowest BCUT2D eigenvalue weighted by Crippen LogP contribution is -2.22. The van der Waals surface area contributed by atoms with Crippen molar-refractivity contribution in [1.29, 1.82) is 0 Å². The first kappa shape index (κ1) is 15.5. The van der Waals surface area contributed by atoms with E-state index in [1.54, 1.807) is 13.8 Å². The first-order valence-electron chi connectivity index (χ1n) is 6.48. The Labute approximate surface area is 120 Å². The average Bonchev–Trinajstić information content (AvgIpc) is 2.67. The Hall–Kier alpha value is -1.89. The second kappa shape index (κ2) is 5.85. The molecule has 1 N–H and O–H groups in total. The zero-order valence-electron chi connectivity index (χ0n) is 11.7. The summed E-state index contributed by atoms with van der Waals surface area (Å²) in [6, 6.07) is 5.27. The highest BCUT2D eigenvalue weighted by Crippen LogP contribution is 2.32. The fourth-order valence-corrected chi connectivity index (χ4v) is 2.23. The number of aliphatic hydroxyl groups is 1. The molecule has 0 aliphatic heterocycles. The van der Waals surface area contributed by atoms with Crippen LogP contribution < -0.4 is 0 Å². The van der Waals surface area contributed by atoms with Gasteiger partial charge in [-0.3, -0.25) is 0 Å². The van der Waals surface area contributed by atoms with Crippen molar-refractivity contribution in [2.75, 3.05) is 0 Å². The van der Waals surface area contributed by atoms with Gasteiger partial charge in [0.1, 0.15) is 11.6 Å². The molecule has 2 rings (SSSR count). The summed E-state index contributed by atoms with van der Waals surface area (Å²) in [7, 11) is 0. The molecule has 4 nitrogen and oxygen atoms in total. The molecule has 1 aromatic heterocycles. The average molecular weight is 299 g/mol. The maximum Gasteiger partial charge on any atom is 0.416 e. The summed E-state index contributed by atoms with van der Waals surface area (Å²) < 4.78 is 40.1. The molecule has 1 aromatic carbocycles. The number of alkyl halides is 3. The molecule has 0 saturated carbocycles. The Morgan fingerprint density at radius 1 is 1.24 bits per heavy atom. The van der Waals surface area contributed by atoms with Crippen LogP contribution in [0, 0.1) is 13.8 Å². The number of aromatic nitrogens is 3. The predicted octanol–water partition coefficient (Wildman–Crippen LogP) is 2.52. The smallest absolute Gasteiger partial charge is 0.391 e. The first-order valence-corrected chi connectivity index (χ1v) is 6.48. The van der Waals surface area contributed by atoms with Gasteiger partial charge in [0, 0.05) is 6.42 Å². The van der Waals surface area contributed by atoms with Crippen molar-refractivity contribution in [3.05, 3.63) is 47.0 Å². The van der Waals surface area contributed by atoms with Crippen LogP contribution in [0.25, 0.3) is 0 Å². The van der Waals surface area contributed by atoms with Crippen molar-refractivity contribution in [3.63, 3.8) is 0 Å². The third-order valence-corrected chi connectivity index (χ3v) is 3.12. The zero-order chi connectivity index (χ0) is 15.6. The fourth-order valence-electron chi connectivity index (χ4n) is 2.23. The highest BCUT2D eigenvalue weighted by Gasteiger charge is 2.33. The molecule has 0 aliphatic rings. The van der Waals surface area contributed by atoms with Gasteiger partial charge in [-0.25, -0.2) is 9.67 Å². The molecule has 7 heteroatoms. The number of aryl methyl sites for hydroxylation is 2. The number of hydrogen-bond acceptors (Lipinski definition) is 3. The molecule has 0 bridgehead atoms. The molecule has 2 aromatic rings. The maximum absolute atomic E-state index is 12.9. The summed E-state index contributed by atoms with van der Waals surface area (Å²) in [5, 5.41) is 14.1. The van der Waals surface area contributed by atoms with Gasteiger partial charge in [-0.15, -0.1) is 0 Å². The number of nitrogens with zero attached hydrogens (tertiary/aromatic N) is 3. The minimum absolute atomic E-state index is 0.0759. The monoisotopic (exact) mass is 299 g/mol. The van der Waals surface area contributed by atoms with Crippen LogP contribution in [0.3, 0.4) is 0 Å².